The van der Waals surface area contributed by atoms with Gasteiger partial charge in [0.05, 0.1) is 58.1 Å². The second-order valence-corrected chi connectivity index (χ2v) is 30.6. The van der Waals surface area contributed by atoms with E-state index in [1.165, 1.54) is 6.07 Å². The largest absolute Gasteiger partial charge is 0.393 e. The first-order valence-corrected chi connectivity index (χ1v) is 37.1. The normalized spacial score (nSPS) is 19.6. The predicted molar refractivity (Wildman–Crippen MR) is 414 cm³/mol. The highest BCUT2D eigenvalue weighted by atomic mass is 19.3. The minimum absolute atomic E-state index is 0. The summed E-state index contributed by atoms with van der Waals surface area (Å²) in [5, 5.41) is 59.7. The SMILES string of the molecule is CC(C)(C)C[C@H]1CN(c2ccc(F)c(-c3[nH]nc4ncccc34)n2)CCN1.CC(C)C(F)(F)C1CN(c2cccc(-c3[nH]nc4ncccc34)n2)CCN1.CC(C)C[C@@H]1CN(c2cccc(-c3[nH]nc4ncccc34)n2)CC[C@@H]1O.CC(C)C[C@H]1CN(c2cccc(-c3[nH]nc4ncccc34)n2)CC[C@H]1O.[HH]. The van der Waals surface area contributed by atoms with Gasteiger partial charge in [-0.3, -0.25) is 20.4 Å². The van der Waals surface area contributed by atoms with Crippen LogP contribution in [-0.2, 0) is 0 Å². The zero-order valence-electron chi connectivity index (χ0n) is 61.8. The van der Waals surface area contributed by atoms with Crippen molar-refractivity contribution in [1.82, 2.24) is 91.3 Å². The van der Waals surface area contributed by atoms with Crippen LogP contribution in [0.25, 0.3) is 89.7 Å². The Hall–Kier alpha value is -10.1. The molecule has 6 atom stereocenters. The predicted octanol–water partition coefficient (Wildman–Crippen LogP) is 13.2. The highest BCUT2D eigenvalue weighted by Gasteiger charge is 2.45. The molecule has 0 aromatic carbocycles. The molecule has 8 N–H and O–H groups in total. The van der Waals surface area contributed by atoms with E-state index >= 15 is 0 Å². The van der Waals surface area contributed by atoms with Crippen molar-refractivity contribution in [2.75, 3.05) is 85.0 Å². The first kappa shape index (κ1) is 74.2. The molecule has 0 bridgehead atoms. The van der Waals surface area contributed by atoms with Crippen LogP contribution >= 0.6 is 0 Å². The van der Waals surface area contributed by atoms with E-state index in [1.807, 2.05) is 108 Å². The number of rotatable bonds is 15. The fourth-order valence-electron chi connectivity index (χ4n) is 14.8. The highest BCUT2D eigenvalue weighted by Crippen LogP contribution is 2.36. The molecule has 4 aliphatic heterocycles. The number of fused-ring (bicyclic) bond motifs is 4. The number of hydrogen-bond acceptors (Lipinski definition) is 20. The van der Waals surface area contributed by atoms with Crippen molar-refractivity contribution in [2.24, 2.45) is 35.0 Å². The number of pyridine rings is 8. The first-order valence-electron chi connectivity index (χ1n) is 37.1. The Morgan fingerprint density at radius 3 is 1.26 bits per heavy atom. The van der Waals surface area contributed by atoms with Gasteiger partial charge in [0, 0.05) is 137 Å². The Labute approximate surface area is 616 Å². The van der Waals surface area contributed by atoms with Crippen LogP contribution in [0.5, 0.6) is 0 Å². The molecule has 0 saturated carbocycles. The number of piperidine rings is 2. The van der Waals surface area contributed by atoms with Gasteiger partial charge in [0.15, 0.2) is 28.4 Å². The summed E-state index contributed by atoms with van der Waals surface area (Å²) in [6, 6.07) is 35.8. The Morgan fingerprint density at radius 1 is 0.462 bits per heavy atom. The summed E-state index contributed by atoms with van der Waals surface area (Å²) < 4.78 is 43.5. The number of hydrogen-bond donors (Lipinski definition) is 8. The number of aliphatic hydroxyl groups excluding tert-OH is 2. The van der Waals surface area contributed by atoms with Gasteiger partial charge < -0.3 is 40.4 Å². The minimum Gasteiger partial charge on any atom is -0.393 e. The molecular formula is C79H99F3N22O2. The summed E-state index contributed by atoms with van der Waals surface area (Å²) in [5.41, 5.74) is 8.71. The fraction of sp³-hybridized carbons (Fsp3) is 0.443. The first-order chi connectivity index (χ1) is 51.1. The minimum atomic E-state index is -2.78. The van der Waals surface area contributed by atoms with Gasteiger partial charge in [-0.1, -0.05) is 80.5 Å². The molecule has 0 amide bonds. The molecule has 16 rings (SSSR count). The average molecular weight is 1450 g/mol. The van der Waals surface area contributed by atoms with Crippen LogP contribution in [0, 0.1) is 40.8 Å². The summed E-state index contributed by atoms with van der Waals surface area (Å²) >= 11 is 0. The number of anilines is 4. The number of nitrogens with one attached hydrogen (secondary N) is 6. The Kier molecular flexibility index (Phi) is 22.9. The summed E-state index contributed by atoms with van der Waals surface area (Å²) in [6.07, 6.45) is 11.2. The van der Waals surface area contributed by atoms with E-state index in [1.54, 1.807) is 44.7 Å². The smallest absolute Gasteiger partial charge is 0.267 e. The number of aromatic nitrogens is 16. The van der Waals surface area contributed by atoms with Gasteiger partial charge in [0.25, 0.3) is 5.92 Å². The Bertz CT molecular complexity index is 4740. The zero-order valence-corrected chi connectivity index (χ0v) is 61.8. The van der Waals surface area contributed by atoms with E-state index in [4.69, 9.17) is 15.0 Å². The second kappa shape index (κ2) is 32.7. The van der Waals surface area contributed by atoms with Crippen LogP contribution in [-0.4, -0.2) is 187 Å². The zero-order chi connectivity index (χ0) is 74.2. The van der Waals surface area contributed by atoms with E-state index in [2.05, 4.69) is 140 Å². The van der Waals surface area contributed by atoms with E-state index in [0.29, 0.717) is 82.6 Å². The van der Waals surface area contributed by atoms with Crippen molar-refractivity contribution < 1.29 is 24.8 Å². The van der Waals surface area contributed by atoms with Gasteiger partial charge in [0.2, 0.25) is 0 Å². The van der Waals surface area contributed by atoms with Gasteiger partial charge in [0.1, 0.15) is 29.0 Å². The van der Waals surface area contributed by atoms with Crippen molar-refractivity contribution in [3.05, 3.63) is 146 Å². The molecule has 27 heteroatoms. The van der Waals surface area contributed by atoms with Gasteiger partial charge in [-0.15, -0.1) is 0 Å². The Balaban J connectivity index is 0.000000133. The van der Waals surface area contributed by atoms with Crippen LogP contribution in [0.4, 0.5) is 36.4 Å². The molecule has 4 aliphatic rings. The lowest BCUT2D eigenvalue weighted by molar-refractivity contribution is -0.0780. The third-order valence-corrected chi connectivity index (χ3v) is 20.1. The molecule has 0 spiro atoms. The van der Waals surface area contributed by atoms with Crippen molar-refractivity contribution in [1.29, 1.82) is 0 Å². The van der Waals surface area contributed by atoms with Gasteiger partial charge in [-0.05, 0) is 146 Å². The monoisotopic (exact) mass is 1440 g/mol. The fourth-order valence-corrected chi connectivity index (χ4v) is 14.8. The van der Waals surface area contributed by atoms with Crippen LogP contribution in [0.3, 0.4) is 0 Å². The van der Waals surface area contributed by atoms with Gasteiger partial charge in [-0.2, -0.15) is 20.4 Å². The molecule has 558 valence electrons. The quantitative estimate of drug-likeness (QED) is 0.0473. The third kappa shape index (κ3) is 17.4. The molecule has 1 unspecified atom stereocenters. The summed E-state index contributed by atoms with van der Waals surface area (Å²) in [5.74, 6) is 1.27. The van der Waals surface area contributed by atoms with E-state index in [-0.39, 0.29) is 37.1 Å². The third-order valence-electron chi connectivity index (χ3n) is 20.1. The van der Waals surface area contributed by atoms with Crippen molar-refractivity contribution in [3.8, 4) is 45.6 Å². The molecule has 12 aromatic heterocycles. The number of aromatic amines is 4. The van der Waals surface area contributed by atoms with Crippen LogP contribution < -0.4 is 30.2 Å². The average Bonchev–Trinajstić information content (AvgIpc) is 1.70. The second-order valence-electron chi connectivity index (χ2n) is 30.6. The van der Waals surface area contributed by atoms with Crippen LogP contribution in [0.1, 0.15) is 95.8 Å². The molecule has 0 aliphatic carbocycles. The molecule has 24 nitrogen and oxygen atoms in total. The summed E-state index contributed by atoms with van der Waals surface area (Å²) in [4.78, 5) is 44.8. The van der Waals surface area contributed by atoms with Crippen LogP contribution in [0.2, 0.25) is 0 Å². The maximum atomic E-state index is 14.6. The highest BCUT2D eigenvalue weighted by molar-refractivity contribution is 5.92. The van der Waals surface area contributed by atoms with Crippen molar-refractivity contribution in [2.45, 2.75) is 125 Å². The van der Waals surface area contributed by atoms with Crippen molar-refractivity contribution in [3.63, 3.8) is 0 Å². The Morgan fingerprint density at radius 2 is 0.849 bits per heavy atom. The summed E-state index contributed by atoms with van der Waals surface area (Å²) in [6.45, 7) is 26.0. The van der Waals surface area contributed by atoms with E-state index in [0.717, 1.165) is 145 Å². The van der Waals surface area contributed by atoms with Crippen molar-refractivity contribution >= 4 is 67.4 Å². The molecule has 4 saturated heterocycles. The number of H-pyrrole nitrogens is 4. The molecule has 0 radical (unpaired) electrons. The van der Waals surface area contributed by atoms with E-state index in [9.17, 15) is 23.4 Å². The lowest BCUT2D eigenvalue weighted by Gasteiger charge is -2.39. The number of alkyl halides is 2. The lowest BCUT2D eigenvalue weighted by atomic mass is 9.87. The molecular weight excluding hydrogens is 1350 g/mol. The number of aliphatic hydroxyl groups is 2. The number of piperazine rings is 2. The van der Waals surface area contributed by atoms with Gasteiger partial charge in [-0.25, -0.2) is 53.0 Å². The van der Waals surface area contributed by atoms with Crippen LogP contribution in [0.15, 0.2) is 140 Å². The maximum absolute atomic E-state index is 14.6. The molecule has 106 heavy (non-hydrogen) atoms. The lowest BCUT2D eigenvalue weighted by Crippen LogP contribution is -2.60. The summed E-state index contributed by atoms with van der Waals surface area (Å²) in [7, 11) is 0. The molecule has 12 aromatic rings. The standard InChI is InChI=1S/C20H25FN6.2C20H25N5O.C19H22F2N6.H2/c1-20(2,3)11-13-12-27(10-9-22-13)16-7-6-15(21)18(24-16)17-14-5-4-8-23-19(14)26-25-17;2*1-13(2)11-14-12-25(10-8-17(14)26)18-7-3-6-16(22-18)19-15-5-4-9-21-20(15)24-23-19;1-12(2)19(20,21)15-11-27(10-9-22-15)16-7-3-6-14(24-16)17-13-5-4-8-23-18(13)26-25-17;/h4-8,13,22H,9-12H2,1-3H3,(H,23,25,26);2*3-7,9,13-14,17,26H,8,10-12H2,1-2H3,(H,21,23,24);3-8,12,15,22H,9-11H2,1-2H3,(H,23,25,26);1H/t13-;2*14-,17+;;/m010../s1. The van der Waals surface area contributed by atoms with Gasteiger partial charge >= 0.3 is 0 Å². The number of halogens is 3. The topological polar surface area (TPSA) is 295 Å². The molecule has 16 heterocycles. The van der Waals surface area contributed by atoms with E-state index < -0.39 is 17.9 Å². The number of nitrogens with zero attached hydrogens (tertiary/aromatic N) is 16. The molecule has 4 fully saturated rings. The maximum Gasteiger partial charge on any atom is 0.267 e.